The predicted molar refractivity (Wildman–Crippen MR) is 200 cm³/mol. The van der Waals surface area contributed by atoms with Crippen molar-refractivity contribution in [2.75, 3.05) is 26.4 Å². The number of allylic oxidation sites excluding steroid dienone is 12. The Morgan fingerprint density at radius 2 is 1.10 bits per heavy atom. The standard InChI is InChI=1S/C39H65O10P/c1-3-5-7-9-11-13-14-15-16-17-18-19-20-21-22-23-25-27-29-31-39(43)49-37(35-48-50(44,45)47-33-36(41)32-40)34-46-38(42)30-28-26-24-12-10-8-6-4-2/h5,7,11,13,15-16,18-19,21-22,25,27,36-37,40-41H,3-4,6,8-10,12,14,17,20,23-24,26,28-35H2,1-2H3,(H,44,45)/b7-5-,13-11-,16-15-,19-18-,22-21-,27-25-. The van der Waals surface area contributed by atoms with Gasteiger partial charge in [-0.15, -0.1) is 0 Å². The van der Waals surface area contributed by atoms with Crippen molar-refractivity contribution in [1.82, 2.24) is 0 Å². The van der Waals surface area contributed by atoms with E-state index in [0.717, 1.165) is 57.8 Å². The number of aliphatic hydroxyl groups excluding tert-OH is 2. The monoisotopic (exact) mass is 724 g/mol. The summed E-state index contributed by atoms with van der Waals surface area (Å²) in [6, 6.07) is 0. The van der Waals surface area contributed by atoms with Gasteiger partial charge in [-0.3, -0.25) is 18.6 Å². The van der Waals surface area contributed by atoms with Gasteiger partial charge in [0.2, 0.25) is 0 Å². The smallest absolute Gasteiger partial charge is 0.462 e. The van der Waals surface area contributed by atoms with E-state index in [-0.39, 0.29) is 19.4 Å². The highest BCUT2D eigenvalue weighted by Crippen LogP contribution is 2.43. The zero-order chi connectivity index (χ0) is 37.0. The van der Waals surface area contributed by atoms with Gasteiger partial charge in [-0.1, -0.05) is 132 Å². The summed E-state index contributed by atoms with van der Waals surface area (Å²) >= 11 is 0. The van der Waals surface area contributed by atoms with Crippen LogP contribution in [-0.4, -0.2) is 65.7 Å². The maximum absolute atomic E-state index is 12.5. The molecule has 0 aromatic carbocycles. The maximum atomic E-state index is 12.5. The molecule has 0 aliphatic carbocycles. The van der Waals surface area contributed by atoms with Crippen LogP contribution in [0.4, 0.5) is 0 Å². The van der Waals surface area contributed by atoms with E-state index in [9.17, 15) is 24.2 Å². The summed E-state index contributed by atoms with van der Waals surface area (Å²) in [4.78, 5) is 34.6. The molecule has 3 atom stereocenters. The van der Waals surface area contributed by atoms with E-state index < -0.39 is 51.8 Å². The van der Waals surface area contributed by atoms with Crippen LogP contribution < -0.4 is 0 Å². The Hall–Kier alpha value is -2.59. The van der Waals surface area contributed by atoms with Crippen molar-refractivity contribution >= 4 is 19.8 Å². The van der Waals surface area contributed by atoms with E-state index in [1.54, 1.807) is 0 Å². The molecular weight excluding hydrogens is 659 g/mol. The summed E-state index contributed by atoms with van der Waals surface area (Å²) in [6.07, 6.45) is 37.6. The molecule has 50 heavy (non-hydrogen) atoms. The molecule has 0 saturated heterocycles. The van der Waals surface area contributed by atoms with Crippen LogP contribution in [0.2, 0.25) is 0 Å². The van der Waals surface area contributed by atoms with Gasteiger partial charge in [0.15, 0.2) is 6.10 Å². The molecule has 0 saturated carbocycles. The second kappa shape index (κ2) is 34.8. The number of carbonyl (C=O) groups is 2. The number of phosphoric ester groups is 1. The van der Waals surface area contributed by atoms with Gasteiger partial charge >= 0.3 is 19.8 Å². The third-order valence-electron chi connectivity index (χ3n) is 7.14. The molecule has 0 aliphatic heterocycles. The molecule has 0 radical (unpaired) electrons. The summed E-state index contributed by atoms with van der Waals surface area (Å²) in [5.74, 6) is -1.04. The highest BCUT2D eigenvalue weighted by atomic mass is 31.2. The van der Waals surface area contributed by atoms with Gasteiger partial charge in [0.1, 0.15) is 12.7 Å². The predicted octanol–water partition coefficient (Wildman–Crippen LogP) is 8.94. The average molecular weight is 725 g/mol. The number of phosphoric acid groups is 1. The Labute approximate surface area is 301 Å². The van der Waals surface area contributed by atoms with Crippen LogP contribution >= 0.6 is 7.82 Å². The number of hydrogen-bond acceptors (Lipinski definition) is 9. The summed E-state index contributed by atoms with van der Waals surface area (Å²) in [7, 11) is -4.63. The molecule has 0 bridgehead atoms. The second-order valence-corrected chi connectivity index (χ2v) is 13.3. The van der Waals surface area contributed by atoms with E-state index in [1.807, 2.05) is 12.2 Å². The second-order valence-electron chi connectivity index (χ2n) is 11.9. The zero-order valence-corrected chi connectivity index (χ0v) is 31.5. The third-order valence-corrected chi connectivity index (χ3v) is 8.09. The minimum absolute atomic E-state index is 0.0564. The fourth-order valence-corrected chi connectivity index (χ4v) is 5.10. The Morgan fingerprint density at radius 1 is 0.620 bits per heavy atom. The molecule has 0 heterocycles. The topological polar surface area (TPSA) is 149 Å². The minimum Gasteiger partial charge on any atom is -0.462 e. The molecule has 3 unspecified atom stereocenters. The number of carbonyl (C=O) groups excluding carboxylic acids is 2. The Balaban J connectivity index is 4.51. The van der Waals surface area contributed by atoms with Crippen molar-refractivity contribution in [3.63, 3.8) is 0 Å². The van der Waals surface area contributed by atoms with Crippen LogP contribution in [0.3, 0.4) is 0 Å². The summed E-state index contributed by atoms with van der Waals surface area (Å²) in [6.45, 7) is 2.10. The number of unbranched alkanes of at least 4 members (excludes halogenated alkanes) is 7. The Morgan fingerprint density at radius 3 is 1.62 bits per heavy atom. The molecule has 0 rings (SSSR count). The van der Waals surface area contributed by atoms with Gasteiger partial charge in [0.05, 0.1) is 19.8 Å². The number of ether oxygens (including phenoxy) is 2. The van der Waals surface area contributed by atoms with E-state index >= 15 is 0 Å². The molecule has 0 amide bonds. The van der Waals surface area contributed by atoms with Crippen molar-refractivity contribution in [2.24, 2.45) is 0 Å². The van der Waals surface area contributed by atoms with Gasteiger partial charge in [-0.05, 0) is 51.4 Å². The molecule has 11 heteroatoms. The Kier molecular flexibility index (Phi) is 33.0. The van der Waals surface area contributed by atoms with Crippen LogP contribution in [0.25, 0.3) is 0 Å². The highest BCUT2D eigenvalue weighted by molar-refractivity contribution is 7.47. The molecule has 0 aliphatic rings. The van der Waals surface area contributed by atoms with Gasteiger partial charge in [-0.2, -0.15) is 0 Å². The molecule has 0 spiro atoms. The van der Waals surface area contributed by atoms with Crippen LogP contribution in [0.15, 0.2) is 72.9 Å². The van der Waals surface area contributed by atoms with Crippen LogP contribution in [0.1, 0.15) is 123 Å². The van der Waals surface area contributed by atoms with E-state index in [1.165, 1.54) is 25.7 Å². The first-order valence-corrected chi connectivity index (χ1v) is 19.9. The number of aliphatic hydroxyl groups is 2. The first-order chi connectivity index (χ1) is 24.2. The molecule has 3 N–H and O–H groups in total. The number of hydrogen-bond donors (Lipinski definition) is 3. The normalized spacial score (nSPS) is 14.9. The zero-order valence-electron chi connectivity index (χ0n) is 30.6. The van der Waals surface area contributed by atoms with Gasteiger partial charge in [0, 0.05) is 12.8 Å². The first kappa shape index (κ1) is 47.4. The number of esters is 2. The Bertz CT molecular complexity index is 1060. The molecular formula is C39H65O10P. The maximum Gasteiger partial charge on any atom is 0.472 e. The fraction of sp³-hybridized carbons (Fsp3) is 0.641. The van der Waals surface area contributed by atoms with Crippen molar-refractivity contribution in [3.05, 3.63) is 72.9 Å². The summed E-state index contributed by atoms with van der Waals surface area (Å²) < 4.78 is 32.4. The molecule has 286 valence electrons. The first-order valence-electron chi connectivity index (χ1n) is 18.4. The SMILES string of the molecule is CC/C=C\C/C=C\C/C=C\C/C=C\C/C=C\C/C=C\CCC(=O)OC(COC(=O)CCCCCCCCCC)COP(=O)(O)OCC(O)CO. The molecule has 0 aromatic rings. The van der Waals surface area contributed by atoms with E-state index in [0.29, 0.717) is 12.8 Å². The lowest BCUT2D eigenvalue weighted by molar-refractivity contribution is -0.161. The van der Waals surface area contributed by atoms with Gasteiger partial charge in [0.25, 0.3) is 0 Å². The van der Waals surface area contributed by atoms with Crippen molar-refractivity contribution in [2.45, 2.75) is 135 Å². The van der Waals surface area contributed by atoms with Gasteiger partial charge < -0.3 is 24.6 Å². The van der Waals surface area contributed by atoms with Crippen LogP contribution in [0.5, 0.6) is 0 Å². The molecule has 0 aromatic heterocycles. The van der Waals surface area contributed by atoms with E-state index in [2.05, 4.69) is 79.1 Å². The van der Waals surface area contributed by atoms with Crippen LogP contribution in [-0.2, 0) is 32.7 Å². The highest BCUT2D eigenvalue weighted by Gasteiger charge is 2.27. The van der Waals surface area contributed by atoms with Crippen LogP contribution in [0, 0.1) is 0 Å². The minimum atomic E-state index is -4.63. The quantitative estimate of drug-likeness (QED) is 0.0259. The lowest BCUT2D eigenvalue weighted by Crippen LogP contribution is -2.29. The average Bonchev–Trinajstić information content (AvgIpc) is 3.10. The van der Waals surface area contributed by atoms with E-state index in [4.69, 9.17) is 19.1 Å². The van der Waals surface area contributed by atoms with Crippen molar-refractivity contribution < 1.29 is 47.8 Å². The summed E-state index contributed by atoms with van der Waals surface area (Å²) in [5.41, 5.74) is 0. The molecule has 10 nitrogen and oxygen atoms in total. The lowest BCUT2D eigenvalue weighted by atomic mass is 10.1. The fourth-order valence-electron chi connectivity index (χ4n) is 4.31. The number of rotatable bonds is 33. The molecule has 0 fully saturated rings. The van der Waals surface area contributed by atoms with Crippen molar-refractivity contribution in [1.29, 1.82) is 0 Å². The van der Waals surface area contributed by atoms with Gasteiger partial charge in [-0.25, -0.2) is 4.57 Å². The summed E-state index contributed by atoms with van der Waals surface area (Å²) in [5, 5.41) is 18.2. The largest absolute Gasteiger partial charge is 0.472 e. The lowest BCUT2D eigenvalue weighted by Gasteiger charge is -2.20. The van der Waals surface area contributed by atoms with Crippen molar-refractivity contribution in [3.8, 4) is 0 Å². The third kappa shape index (κ3) is 33.9.